The molecule has 4 rings (SSSR count). The Labute approximate surface area is 176 Å². The number of rotatable bonds is 2. The second-order valence-corrected chi connectivity index (χ2v) is 8.34. The van der Waals surface area contributed by atoms with Gasteiger partial charge in [-0.05, 0) is 43.3 Å². The molecule has 2 unspecified atom stereocenters. The SMILES string of the molecule is C=C1C(=O)OC2CC3=C[C@@H](C/C(C)=C/C(OC(=O)c4ccc(Br)cc4)[C@H]12)OC3=O. The molecule has 0 saturated carbocycles. The smallest absolute Gasteiger partial charge is 0.338 e. The Hall–Kier alpha value is -2.67. The van der Waals surface area contributed by atoms with E-state index in [1.165, 1.54) is 0 Å². The van der Waals surface area contributed by atoms with Crippen molar-refractivity contribution >= 4 is 33.8 Å². The van der Waals surface area contributed by atoms with E-state index in [0.29, 0.717) is 17.6 Å². The van der Waals surface area contributed by atoms with Crippen LogP contribution in [0.3, 0.4) is 0 Å². The average molecular weight is 459 g/mol. The van der Waals surface area contributed by atoms with Crippen molar-refractivity contribution in [3.63, 3.8) is 0 Å². The number of hydrogen-bond donors (Lipinski definition) is 0. The molecule has 4 atom stereocenters. The number of carbonyl (C=O) groups excluding carboxylic acids is 3. The van der Waals surface area contributed by atoms with Crippen LogP contribution >= 0.6 is 15.9 Å². The lowest BCUT2D eigenvalue weighted by molar-refractivity contribution is -0.142. The zero-order valence-corrected chi connectivity index (χ0v) is 17.3. The molecule has 1 fully saturated rings. The highest BCUT2D eigenvalue weighted by atomic mass is 79.9. The van der Waals surface area contributed by atoms with Crippen molar-refractivity contribution < 1.29 is 28.6 Å². The van der Waals surface area contributed by atoms with E-state index in [1.807, 2.05) is 6.92 Å². The van der Waals surface area contributed by atoms with Crippen molar-refractivity contribution in [1.29, 1.82) is 0 Å². The van der Waals surface area contributed by atoms with Crippen LogP contribution in [-0.2, 0) is 23.8 Å². The van der Waals surface area contributed by atoms with E-state index in [0.717, 1.165) is 10.0 Å². The maximum Gasteiger partial charge on any atom is 0.338 e. The van der Waals surface area contributed by atoms with Gasteiger partial charge in [0.25, 0.3) is 0 Å². The Balaban J connectivity index is 1.67. The molecule has 0 radical (unpaired) electrons. The van der Waals surface area contributed by atoms with Crippen molar-refractivity contribution in [2.24, 2.45) is 5.92 Å². The van der Waals surface area contributed by atoms with Crippen molar-refractivity contribution in [1.82, 2.24) is 0 Å². The first-order valence-corrected chi connectivity index (χ1v) is 10.1. The van der Waals surface area contributed by atoms with Crippen LogP contribution in [0, 0.1) is 5.92 Å². The Morgan fingerprint density at radius 3 is 2.55 bits per heavy atom. The average Bonchev–Trinajstić information content (AvgIpc) is 3.13. The first-order chi connectivity index (χ1) is 13.8. The Morgan fingerprint density at radius 1 is 1.10 bits per heavy atom. The third-order valence-electron chi connectivity index (χ3n) is 5.30. The fraction of sp³-hybridized carbons (Fsp3) is 0.318. The predicted octanol–water partition coefficient (Wildman–Crippen LogP) is 3.66. The molecule has 0 amide bonds. The monoisotopic (exact) mass is 458 g/mol. The van der Waals surface area contributed by atoms with Crippen molar-refractivity contribution in [2.45, 2.75) is 38.1 Å². The number of benzene rings is 1. The third-order valence-corrected chi connectivity index (χ3v) is 5.83. The molecule has 29 heavy (non-hydrogen) atoms. The van der Waals surface area contributed by atoms with Crippen LogP contribution in [0.4, 0.5) is 0 Å². The van der Waals surface area contributed by atoms with E-state index < -0.39 is 36.0 Å². The van der Waals surface area contributed by atoms with E-state index in [4.69, 9.17) is 14.2 Å². The molecule has 150 valence electrons. The summed E-state index contributed by atoms with van der Waals surface area (Å²) < 4.78 is 17.5. The molecule has 0 spiro atoms. The molecule has 6 nitrogen and oxygen atoms in total. The minimum atomic E-state index is -0.747. The zero-order valence-electron chi connectivity index (χ0n) is 15.7. The summed E-state index contributed by atoms with van der Waals surface area (Å²) in [6.45, 7) is 5.73. The predicted molar refractivity (Wildman–Crippen MR) is 107 cm³/mol. The van der Waals surface area contributed by atoms with Gasteiger partial charge in [-0.25, -0.2) is 14.4 Å². The highest BCUT2D eigenvalue weighted by Crippen LogP contribution is 2.38. The summed E-state index contributed by atoms with van der Waals surface area (Å²) in [6, 6.07) is 6.82. The lowest BCUT2D eigenvalue weighted by Gasteiger charge is -2.26. The van der Waals surface area contributed by atoms with Gasteiger partial charge in [0.1, 0.15) is 18.3 Å². The Morgan fingerprint density at radius 2 is 1.83 bits per heavy atom. The fourth-order valence-corrected chi connectivity index (χ4v) is 4.15. The van der Waals surface area contributed by atoms with E-state index in [1.54, 1.807) is 36.4 Å². The van der Waals surface area contributed by atoms with Crippen LogP contribution in [0.15, 0.2) is 64.2 Å². The molecular formula is C22H19BrO6. The molecule has 2 aliphatic heterocycles. The summed E-state index contributed by atoms with van der Waals surface area (Å²) in [7, 11) is 0. The molecule has 0 aromatic heterocycles. The highest BCUT2D eigenvalue weighted by Gasteiger charge is 2.46. The molecule has 1 aromatic carbocycles. The first-order valence-electron chi connectivity index (χ1n) is 9.27. The van der Waals surface area contributed by atoms with E-state index in [-0.39, 0.29) is 18.1 Å². The molecule has 2 bridgehead atoms. The largest absolute Gasteiger partial charge is 0.458 e. The number of halogens is 1. The normalized spacial score (nSPS) is 30.5. The maximum absolute atomic E-state index is 12.7. The van der Waals surface area contributed by atoms with Gasteiger partial charge in [-0.1, -0.05) is 28.1 Å². The van der Waals surface area contributed by atoms with Crippen LogP contribution in [0.25, 0.3) is 0 Å². The van der Waals surface area contributed by atoms with Gasteiger partial charge in [-0.2, -0.15) is 0 Å². The third kappa shape index (κ3) is 3.92. The lowest BCUT2D eigenvalue weighted by atomic mass is 9.85. The van der Waals surface area contributed by atoms with Crippen molar-refractivity contribution in [3.8, 4) is 0 Å². The summed E-state index contributed by atoms with van der Waals surface area (Å²) >= 11 is 3.34. The van der Waals surface area contributed by atoms with Gasteiger partial charge in [-0.3, -0.25) is 0 Å². The van der Waals surface area contributed by atoms with Crippen molar-refractivity contribution in [3.05, 3.63) is 69.8 Å². The summed E-state index contributed by atoms with van der Waals surface area (Å²) in [4.78, 5) is 37.1. The molecule has 2 heterocycles. The maximum atomic E-state index is 12.7. The van der Waals surface area contributed by atoms with Gasteiger partial charge < -0.3 is 14.2 Å². The molecule has 3 aliphatic rings. The standard InChI is InChI=1S/C22H19BrO6/c1-11-7-16-9-14(22(26)27-16)10-18-19(12(2)20(24)28-18)17(8-11)29-21(25)13-3-5-15(23)6-4-13/h3-6,8-9,16-19H,2,7,10H2,1H3/b11-8+/t16-,17?,18?,19+/m1/s1. The van der Waals surface area contributed by atoms with Gasteiger partial charge >= 0.3 is 17.9 Å². The molecule has 1 aliphatic carbocycles. The lowest BCUT2D eigenvalue weighted by Crippen LogP contribution is -2.33. The second kappa shape index (κ2) is 7.63. The van der Waals surface area contributed by atoms with Crippen LogP contribution < -0.4 is 0 Å². The Kier molecular flexibility index (Phi) is 5.17. The minimum absolute atomic E-state index is 0.198. The van der Waals surface area contributed by atoms with E-state index in [9.17, 15) is 14.4 Å². The van der Waals surface area contributed by atoms with Crippen LogP contribution in [0.2, 0.25) is 0 Å². The number of carbonyl (C=O) groups is 3. The first kappa shape index (κ1) is 19.6. The van der Waals surface area contributed by atoms with Gasteiger partial charge in [0, 0.05) is 28.5 Å². The highest BCUT2D eigenvalue weighted by molar-refractivity contribution is 9.10. The number of esters is 3. The topological polar surface area (TPSA) is 78.9 Å². The number of hydrogen-bond acceptors (Lipinski definition) is 6. The number of fused-ring (bicyclic) bond motifs is 2. The summed E-state index contributed by atoms with van der Waals surface area (Å²) in [5, 5.41) is 0. The van der Waals surface area contributed by atoms with Gasteiger partial charge in [0.15, 0.2) is 0 Å². The molecule has 7 heteroatoms. The quantitative estimate of drug-likeness (QED) is 0.291. The molecule has 0 N–H and O–H groups in total. The molecular weight excluding hydrogens is 440 g/mol. The fourth-order valence-electron chi connectivity index (χ4n) is 3.89. The second-order valence-electron chi connectivity index (χ2n) is 7.43. The summed E-state index contributed by atoms with van der Waals surface area (Å²) in [5.41, 5.74) is 1.98. The van der Waals surface area contributed by atoms with E-state index in [2.05, 4.69) is 22.5 Å². The van der Waals surface area contributed by atoms with Gasteiger partial charge in [0.05, 0.1) is 11.5 Å². The van der Waals surface area contributed by atoms with Crippen LogP contribution in [0.5, 0.6) is 0 Å². The molecule has 1 aromatic rings. The number of ether oxygens (including phenoxy) is 3. The summed E-state index contributed by atoms with van der Waals surface area (Å²) in [6.07, 6.45) is 2.49. The zero-order chi connectivity index (χ0) is 20.7. The van der Waals surface area contributed by atoms with E-state index >= 15 is 0 Å². The summed E-state index contributed by atoms with van der Waals surface area (Å²) in [5.74, 6) is -2.04. The van der Waals surface area contributed by atoms with Gasteiger partial charge in [-0.15, -0.1) is 0 Å². The minimum Gasteiger partial charge on any atom is -0.458 e. The van der Waals surface area contributed by atoms with Gasteiger partial charge in [0.2, 0.25) is 0 Å². The van der Waals surface area contributed by atoms with Crippen LogP contribution in [-0.4, -0.2) is 36.2 Å². The van der Waals surface area contributed by atoms with Crippen molar-refractivity contribution in [2.75, 3.05) is 0 Å². The molecule has 1 saturated heterocycles. The Bertz CT molecular complexity index is 958. The van der Waals surface area contributed by atoms with Crippen LogP contribution in [0.1, 0.15) is 30.1 Å².